The lowest BCUT2D eigenvalue weighted by Gasteiger charge is -2.36. The molecule has 11 rings (SSSR count). The van der Waals surface area contributed by atoms with Crippen LogP contribution in [0.4, 0.5) is 0 Å². The fourth-order valence-electron chi connectivity index (χ4n) is 20.3. The zero-order valence-corrected chi connectivity index (χ0v) is 98.6. The van der Waals surface area contributed by atoms with E-state index in [0.717, 1.165) is 140 Å². The Balaban J connectivity index is -0.000000216. The van der Waals surface area contributed by atoms with Gasteiger partial charge in [-0.25, -0.2) is 0 Å². The molecule has 6 aliphatic rings. The summed E-state index contributed by atoms with van der Waals surface area (Å²) in [7, 11) is 6.00. The standard InChI is InChI=1S/3C12H18.C9H18.C9H12.2C9H18.C9H12.3C9H18.C9H20.C7H16.C4H10.C3H9N.4CH4/c1-4-10-7-11(5-2)9-12(6-3)8-10;1-4-10-7-8-11(5-2)12(6-3)9-10;1-4-10-8-7-9-11(5-2)12(10)6-3;2*1-7-4-8(2)6-9(3)5-7;1-8-4-6-9(2,3)7-5-8;2*1-7-4-5-8(2)9(3)6-7;1-8-5-4-6-9(2,3)7-8;1-8-6-4-5-7-9(8,2)3;1-7-5-4-6-8(2)9(7)3;1-4-6-8-9(3)7-5-2;1-4-7(5-2)6-3;2*1-4(2)3;;;;/h3*7-9H,4-6H2,1-3H3;7-9H,4-6H2,1-3H3;4-6H,1-3H3;8H,4-7H2,1-3H3;7-9H,4-6H2,1-3H3;4-6H,1-3H3;2*8H,4-7H2,1-3H3;7-9H,4-6H2,1-3H3;9H,4-8H2,1-3H3;7H,4-6H2,1-3H3;4H,1-3H3;1-3H3;4*1H4. The molecule has 0 heterocycles. The average Bonchev–Trinajstić information content (AvgIpc) is 0.796. The first-order valence-corrected chi connectivity index (χ1v) is 56.9. The maximum absolute atomic E-state index is 2.40. The van der Waals surface area contributed by atoms with Gasteiger partial charge < -0.3 is 4.90 Å². The van der Waals surface area contributed by atoms with Gasteiger partial charge in [-0.1, -0.05) is 521 Å². The molecule has 0 spiro atoms. The third-order valence-corrected chi connectivity index (χ3v) is 30.4. The van der Waals surface area contributed by atoms with Crippen molar-refractivity contribution in [3.05, 3.63) is 174 Å². The molecule has 8 unspecified atom stereocenters. The first-order chi connectivity index (χ1) is 61.9. The highest BCUT2D eigenvalue weighted by Gasteiger charge is 2.29. The summed E-state index contributed by atoms with van der Waals surface area (Å²) in [6, 6.07) is 33.6. The van der Waals surface area contributed by atoms with E-state index in [2.05, 4.69) is 382 Å². The molecule has 136 heavy (non-hydrogen) atoms. The second-order valence-corrected chi connectivity index (χ2v) is 47.4. The molecule has 0 radical (unpaired) electrons. The number of unbranched alkanes of at least 4 members (excludes halogenated alkanes) is 1. The number of aryl methyl sites for hydroxylation is 14. The number of rotatable bonds is 17. The molecular formula is C135H257N. The highest BCUT2D eigenvalue weighted by molar-refractivity contribution is 5.36. The van der Waals surface area contributed by atoms with Crippen molar-refractivity contribution in [2.75, 3.05) is 21.1 Å². The smallest absolute Gasteiger partial charge is 0.0140 e. The lowest BCUT2D eigenvalue weighted by atomic mass is 9.70. The van der Waals surface area contributed by atoms with Crippen molar-refractivity contribution in [3.63, 3.8) is 0 Å². The van der Waals surface area contributed by atoms with Gasteiger partial charge in [-0.3, -0.25) is 0 Å². The second kappa shape index (κ2) is 86.5. The molecular weight excluding hydrogens is 1640 g/mol. The normalized spacial score (nSPS) is 21.3. The van der Waals surface area contributed by atoms with Gasteiger partial charge in [-0.2, -0.15) is 0 Å². The van der Waals surface area contributed by atoms with Gasteiger partial charge in [0.1, 0.15) is 0 Å². The molecule has 1 nitrogen and oxygen atoms in total. The molecule has 0 bridgehead atoms. The summed E-state index contributed by atoms with van der Waals surface area (Å²) in [5, 5.41) is 0. The Morgan fingerprint density at radius 2 is 0.757 bits per heavy atom. The minimum atomic E-state index is 0. The van der Waals surface area contributed by atoms with E-state index in [9.17, 15) is 0 Å². The highest BCUT2D eigenvalue weighted by Crippen LogP contribution is 2.42. The molecule has 5 aromatic carbocycles. The number of hydrogen-bond acceptors (Lipinski definition) is 1. The molecule has 802 valence electrons. The summed E-state index contributed by atoms with van der Waals surface area (Å²) in [5.41, 5.74) is 23.7. The number of benzene rings is 5. The summed E-state index contributed by atoms with van der Waals surface area (Å²) in [6.45, 7) is 95.9. The van der Waals surface area contributed by atoms with E-state index in [-0.39, 0.29) is 29.7 Å². The first-order valence-electron chi connectivity index (χ1n) is 56.9. The van der Waals surface area contributed by atoms with E-state index < -0.39 is 0 Å². The van der Waals surface area contributed by atoms with Crippen LogP contribution >= 0.6 is 0 Å². The van der Waals surface area contributed by atoms with E-state index in [0.29, 0.717) is 16.2 Å². The van der Waals surface area contributed by atoms with Crippen molar-refractivity contribution in [3.8, 4) is 0 Å². The Bertz CT molecular complexity index is 3270. The predicted molar refractivity (Wildman–Crippen MR) is 638 cm³/mol. The van der Waals surface area contributed by atoms with Gasteiger partial charge in [-0.15, -0.1) is 0 Å². The molecule has 6 fully saturated rings. The van der Waals surface area contributed by atoms with Crippen molar-refractivity contribution in [1.29, 1.82) is 0 Å². The van der Waals surface area contributed by atoms with Crippen LogP contribution in [0.25, 0.3) is 0 Å². The van der Waals surface area contributed by atoms with Gasteiger partial charge in [0, 0.05) is 0 Å². The molecule has 0 amide bonds. The molecule has 0 aromatic heterocycles. The van der Waals surface area contributed by atoms with Crippen molar-refractivity contribution in [1.82, 2.24) is 4.90 Å². The van der Waals surface area contributed by atoms with Gasteiger partial charge in [-0.05, 0) is 344 Å². The monoisotopic (exact) mass is 1890 g/mol. The lowest BCUT2D eigenvalue weighted by Crippen LogP contribution is -2.24. The van der Waals surface area contributed by atoms with Crippen LogP contribution in [0, 0.1) is 147 Å². The molecule has 8 atom stereocenters. The third kappa shape index (κ3) is 76.7. The van der Waals surface area contributed by atoms with Crippen molar-refractivity contribution >= 4 is 0 Å². The van der Waals surface area contributed by atoms with Crippen molar-refractivity contribution in [2.45, 2.75) is 564 Å². The fourth-order valence-corrected chi connectivity index (χ4v) is 20.3. The number of hydrogen-bond donors (Lipinski definition) is 0. The first kappa shape index (κ1) is 147. The van der Waals surface area contributed by atoms with Crippen LogP contribution in [0.2, 0.25) is 0 Å². The summed E-state index contributed by atoms with van der Waals surface area (Å²) in [6.07, 6.45) is 52.0. The minimum Gasteiger partial charge on any atom is -0.312 e. The van der Waals surface area contributed by atoms with Gasteiger partial charge in [0.25, 0.3) is 0 Å². The topological polar surface area (TPSA) is 3.24 Å². The van der Waals surface area contributed by atoms with Crippen LogP contribution in [-0.2, 0) is 57.8 Å². The molecule has 5 aromatic rings. The molecule has 6 saturated carbocycles. The Morgan fingerprint density at radius 3 is 1.05 bits per heavy atom. The maximum atomic E-state index is 2.40. The van der Waals surface area contributed by atoms with Crippen LogP contribution < -0.4 is 0 Å². The number of nitrogens with zero attached hydrogens (tertiary/aromatic N) is 1. The van der Waals surface area contributed by atoms with E-state index in [1.54, 1.807) is 5.56 Å². The van der Waals surface area contributed by atoms with E-state index in [4.69, 9.17) is 0 Å². The summed E-state index contributed by atoms with van der Waals surface area (Å²) in [4.78, 5) is 2.00. The Kier molecular flexibility index (Phi) is 93.8. The quantitative estimate of drug-likeness (QED) is 0.0897. The van der Waals surface area contributed by atoms with Gasteiger partial charge in [0.2, 0.25) is 0 Å². The molecule has 0 aliphatic heterocycles. The molecule has 1 heteroatoms. The van der Waals surface area contributed by atoms with Crippen LogP contribution in [0.1, 0.15) is 549 Å². The van der Waals surface area contributed by atoms with Crippen LogP contribution in [-0.4, -0.2) is 26.0 Å². The predicted octanol–water partition coefficient (Wildman–Crippen LogP) is 45.1. The Hall–Kier alpha value is -3.94. The zero-order chi connectivity index (χ0) is 102. The largest absolute Gasteiger partial charge is 0.312 e. The fraction of sp³-hybridized carbons (Fsp3) is 0.778. The van der Waals surface area contributed by atoms with Crippen molar-refractivity contribution < 1.29 is 0 Å². The van der Waals surface area contributed by atoms with Crippen molar-refractivity contribution in [2.24, 2.45) is 105 Å². The lowest BCUT2D eigenvalue weighted by molar-refractivity contribution is 0.154. The average molecular weight is 1890 g/mol. The second-order valence-electron chi connectivity index (χ2n) is 47.4. The molecule has 6 aliphatic carbocycles. The SMILES string of the molecule is C.C.C.C.CC(C)C.CC1CC(C)CC(C)C1.CC1CCC(C)(C)CC1.CC1CCC(C)C(C)C1.CC1CCCC(C)(C)C1.CC1CCCC(C)C1C.CC1CCCCC1(C)C.CCC(CC)CC.CCCCC(C)CCC.CCc1cc(CC)cc(CC)c1.CCc1ccc(CC)c(CC)c1.CCc1cccc(CC)c1CC.CN(C)C.Cc1cc(C)cc(C)c1.Cc1ccc(C)c(C)c1. The van der Waals surface area contributed by atoms with Crippen LogP contribution in [0.3, 0.4) is 0 Å². The Morgan fingerprint density at radius 1 is 0.324 bits per heavy atom. The van der Waals surface area contributed by atoms with Gasteiger partial charge in [0.15, 0.2) is 0 Å². The van der Waals surface area contributed by atoms with E-state index in [1.807, 2.05) is 26.0 Å². The summed E-state index contributed by atoms with van der Waals surface area (Å²) < 4.78 is 0. The van der Waals surface area contributed by atoms with Crippen LogP contribution in [0.5, 0.6) is 0 Å². The molecule has 0 saturated heterocycles. The zero-order valence-electron chi connectivity index (χ0n) is 98.6. The minimum absolute atomic E-state index is 0. The summed E-state index contributed by atoms with van der Waals surface area (Å²) in [5.74, 6) is 14.6. The van der Waals surface area contributed by atoms with E-state index >= 15 is 0 Å². The molecule has 0 N–H and O–H groups in total. The maximum Gasteiger partial charge on any atom is -0.0140 e. The van der Waals surface area contributed by atoms with Gasteiger partial charge >= 0.3 is 0 Å². The summed E-state index contributed by atoms with van der Waals surface area (Å²) >= 11 is 0. The third-order valence-electron chi connectivity index (χ3n) is 30.4. The van der Waals surface area contributed by atoms with Gasteiger partial charge in [0.05, 0.1) is 0 Å². The Labute approximate surface area is 864 Å². The van der Waals surface area contributed by atoms with E-state index in [1.165, 1.54) is 271 Å². The van der Waals surface area contributed by atoms with Crippen LogP contribution in [0.15, 0.2) is 91.0 Å². The highest BCUT2D eigenvalue weighted by atomic mass is 15.0.